The average Bonchev–Trinajstić information content (AvgIpc) is 2.61. The molecule has 1 heterocycles. The van der Waals surface area contributed by atoms with Gasteiger partial charge in [-0.3, -0.25) is 9.69 Å². The molecule has 24 heavy (non-hydrogen) atoms. The summed E-state index contributed by atoms with van der Waals surface area (Å²) in [6.45, 7) is 4.62. The van der Waals surface area contributed by atoms with Crippen molar-refractivity contribution in [2.24, 2.45) is 5.92 Å². The summed E-state index contributed by atoms with van der Waals surface area (Å²) in [6, 6.07) is 3.86. The fourth-order valence-electron chi connectivity index (χ4n) is 3.18. The molecule has 0 N–H and O–H groups in total. The van der Waals surface area contributed by atoms with E-state index in [1.165, 1.54) is 0 Å². The summed E-state index contributed by atoms with van der Waals surface area (Å²) in [7, 11) is 4.83. The molecule has 6 heteroatoms. The van der Waals surface area contributed by atoms with Crippen molar-refractivity contribution >= 4 is 5.97 Å². The second-order valence-electron chi connectivity index (χ2n) is 5.82. The van der Waals surface area contributed by atoms with E-state index in [-0.39, 0.29) is 11.9 Å². The van der Waals surface area contributed by atoms with Crippen LogP contribution >= 0.6 is 0 Å². The van der Waals surface area contributed by atoms with Crippen LogP contribution in [0.25, 0.3) is 0 Å². The molecule has 0 spiro atoms. The molecule has 2 rings (SSSR count). The molecule has 0 aliphatic carbocycles. The topological polar surface area (TPSA) is 57.2 Å². The number of hydrogen-bond donors (Lipinski definition) is 0. The van der Waals surface area contributed by atoms with Gasteiger partial charge in [-0.1, -0.05) is 6.07 Å². The Balaban J connectivity index is 2.14. The summed E-state index contributed by atoms with van der Waals surface area (Å²) < 4.78 is 21.5. The molecule has 6 nitrogen and oxygen atoms in total. The highest BCUT2D eigenvalue weighted by Gasteiger charge is 2.28. The summed E-state index contributed by atoms with van der Waals surface area (Å²) in [5.41, 5.74) is 1.01. The zero-order valence-electron chi connectivity index (χ0n) is 15.0. The number of ether oxygens (including phenoxy) is 4. The highest BCUT2D eigenvalue weighted by Crippen LogP contribution is 2.40. The minimum atomic E-state index is -0.0959. The molecule has 0 aromatic heterocycles. The summed E-state index contributed by atoms with van der Waals surface area (Å²) in [6.07, 6.45) is 1.87. The Labute approximate surface area is 143 Å². The molecule has 0 bridgehead atoms. The first-order valence-corrected chi connectivity index (χ1v) is 8.31. The lowest BCUT2D eigenvalue weighted by molar-refractivity contribution is -0.150. The smallest absolute Gasteiger partial charge is 0.310 e. The average molecular weight is 337 g/mol. The van der Waals surface area contributed by atoms with Gasteiger partial charge in [0.15, 0.2) is 11.5 Å². The molecular weight excluding hydrogens is 310 g/mol. The molecule has 134 valence electrons. The summed E-state index contributed by atoms with van der Waals surface area (Å²) in [4.78, 5) is 14.3. The van der Waals surface area contributed by atoms with E-state index in [9.17, 15) is 4.79 Å². The largest absolute Gasteiger partial charge is 0.493 e. The number of carbonyl (C=O) groups is 1. The molecule has 0 amide bonds. The third-order valence-corrected chi connectivity index (χ3v) is 4.31. The minimum Gasteiger partial charge on any atom is -0.493 e. The lowest BCUT2D eigenvalue weighted by atomic mass is 9.97. The van der Waals surface area contributed by atoms with E-state index in [1.807, 2.05) is 19.1 Å². The Kier molecular flexibility index (Phi) is 6.73. The Hall–Kier alpha value is -1.95. The Morgan fingerprint density at radius 1 is 1.17 bits per heavy atom. The Morgan fingerprint density at radius 3 is 2.54 bits per heavy atom. The zero-order valence-corrected chi connectivity index (χ0v) is 15.0. The maximum Gasteiger partial charge on any atom is 0.310 e. The van der Waals surface area contributed by atoms with Gasteiger partial charge in [-0.15, -0.1) is 0 Å². The van der Waals surface area contributed by atoms with Crippen molar-refractivity contribution in [3.05, 3.63) is 17.7 Å². The number of piperidine rings is 1. The van der Waals surface area contributed by atoms with Crippen LogP contribution in [0, 0.1) is 5.92 Å². The van der Waals surface area contributed by atoms with Crippen LogP contribution in [-0.4, -0.2) is 51.9 Å². The SMILES string of the molecule is CCOC(=O)[C@@H]1CCCN(Cc2ccc(OC)c(OC)c2OC)C1. The molecule has 1 aromatic carbocycles. The van der Waals surface area contributed by atoms with Crippen LogP contribution in [0.3, 0.4) is 0 Å². The van der Waals surface area contributed by atoms with Crippen LogP contribution in [0.15, 0.2) is 12.1 Å². The molecule has 1 atom stereocenters. The van der Waals surface area contributed by atoms with E-state index in [1.54, 1.807) is 21.3 Å². The van der Waals surface area contributed by atoms with Gasteiger partial charge in [-0.05, 0) is 32.4 Å². The second kappa shape index (κ2) is 8.78. The number of hydrogen-bond acceptors (Lipinski definition) is 6. The van der Waals surface area contributed by atoms with Gasteiger partial charge >= 0.3 is 5.97 Å². The number of carbonyl (C=O) groups excluding carboxylic acids is 1. The number of methoxy groups -OCH3 is 3. The summed E-state index contributed by atoms with van der Waals surface area (Å²) in [5.74, 6) is 1.76. The van der Waals surface area contributed by atoms with Gasteiger partial charge in [0.25, 0.3) is 0 Å². The first-order chi connectivity index (χ1) is 11.6. The van der Waals surface area contributed by atoms with E-state index in [2.05, 4.69) is 4.90 Å². The lowest BCUT2D eigenvalue weighted by Crippen LogP contribution is -2.39. The number of likely N-dealkylation sites (tertiary alicyclic amines) is 1. The zero-order chi connectivity index (χ0) is 17.5. The first-order valence-electron chi connectivity index (χ1n) is 8.31. The molecule has 1 fully saturated rings. The predicted octanol–water partition coefficient (Wildman–Crippen LogP) is 2.49. The van der Waals surface area contributed by atoms with Crippen molar-refractivity contribution in [2.75, 3.05) is 41.0 Å². The van der Waals surface area contributed by atoms with Gasteiger partial charge in [0.05, 0.1) is 33.9 Å². The Bertz CT molecular complexity index is 561. The number of rotatable bonds is 7. The monoisotopic (exact) mass is 337 g/mol. The Morgan fingerprint density at radius 2 is 1.92 bits per heavy atom. The number of nitrogens with zero attached hydrogens (tertiary/aromatic N) is 1. The quantitative estimate of drug-likeness (QED) is 0.713. The molecule has 0 saturated carbocycles. The van der Waals surface area contributed by atoms with Gasteiger partial charge in [0, 0.05) is 18.7 Å². The van der Waals surface area contributed by atoms with Gasteiger partial charge in [0.1, 0.15) is 0 Å². The lowest BCUT2D eigenvalue weighted by Gasteiger charge is -2.32. The van der Waals surface area contributed by atoms with Gasteiger partial charge in [-0.2, -0.15) is 0 Å². The maximum atomic E-state index is 12.0. The van der Waals surface area contributed by atoms with E-state index in [0.29, 0.717) is 36.9 Å². The van der Waals surface area contributed by atoms with Crippen LogP contribution in [0.2, 0.25) is 0 Å². The highest BCUT2D eigenvalue weighted by molar-refractivity contribution is 5.72. The minimum absolute atomic E-state index is 0.0511. The summed E-state index contributed by atoms with van der Waals surface area (Å²) >= 11 is 0. The van der Waals surface area contributed by atoms with Crippen molar-refractivity contribution in [1.29, 1.82) is 0 Å². The van der Waals surface area contributed by atoms with Crippen molar-refractivity contribution < 1.29 is 23.7 Å². The molecule has 1 aliphatic heterocycles. The molecular formula is C18H27NO5. The third-order valence-electron chi connectivity index (χ3n) is 4.31. The standard InChI is InChI=1S/C18H27NO5/c1-5-24-18(20)14-7-6-10-19(12-14)11-13-8-9-15(21-2)17(23-4)16(13)22-3/h8-9,14H,5-7,10-12H2,1-4H3/t14-/m1/s1. The fraction of sp³-hybridized carbons (Fsp3) is 0.611. The number of benzene rings is 1. The maximum absolute atomic E-state index is 12.0. The van der Waals surface area contributed by atoms with E-state index >= 15 is 0 Å². The molecule has 0 radical (unpaired) electrons. The van der Waals surface area contributed by atoms with Crippen molar-refractivity contribution in [2.45, 2.75) is 26.3 Å². The summed E-state index contributed by atoms with van der Waals surface area (Å²) in [5, 5.41) is 0. The predicted molar refractivity (Wildman–Crippen MR) is 90.7 cm³/mol. The van der Waals surface area contributed by atoms with Gasteiger partial charge in [-0.25, -0.2) is 0 Å². The third kappa shape index (κ3) is 4.12. The van der Waals surface area contributed by atoms with Crippen LogP contribution in [-0.2, 0) is 16.1 Å². The normalized spacial score (nSPS) is 18.1. The van der Waals surface area contributed by atoms with Crippen LogP contribution < -0.4 is 14.2 Å². The van der Waals surface area contributed by atoms with E-state index < -0.39 is 0 Å². The van der Waals surface area contributed by atoms with Crippen LogP contribution in [0.4, 0.5) is 0 Å². The highest BCUT2D eigenvalue weighted by atomic mass is 16.5. The van der Waals surface area contributed by atoms with Gasteiger partial charge < -0.3 is 18.9 Å². The first kappa shape index (κ1) is 18.4. The molecule has 1 aliphatic rings. The van der Waals surface area contributed by atoms with Gasteiger partial charge in [0.2, 0.25) is 5.75 Å². The molecule has 1 aromatic rings. The van der Waals surface area contributed by atoms with E-state index in [0.717, 1.165) is 24.9 Å². The second-order valence-corrected chi connectivity index (χ2v) is 5.82. The van der Waals surface area contributed by atoms with E-state index in [4.69, 9.17) is 18.9 Å². The van der Waals surface area contributed by atoms with Crippen molar-refractivity contribution in [3.8, 4) is 17.2 Å². The molecule has 1 saturated heterocycles. The molecule has 0 unspecified atom stereocenters. The van der Waals surface area contributed by atoms with Crippen molar-refractivity contribution in [3.63, 3.8) is 0 Å². The van der Waals surface area contributed by atoms with Crippen molar-refractivity contribution in [1.82, 2.24) is 4.90 Å². The fourth-order valence-corrected chi connectivity index (χ4v) is 3.18. The van der Waals surface area contributed by atoms with Crippen LogP contribution in [0.1, 0.15) is 25.3 Å². The van der Waals surface area contributed by atoms with Crippen LogP contribution in [0.5, 0.6) is 17.2 Å². The number of esters is 1.